The molecule has 0 radical (unpaired) electrons. The van der Waals surface area contributed by atoms with Gasteiger partial charge in [-0.15, -0.1) is 0 Å². The Kier molecular flexibility index (Phi) is 3.13. The third-order valence-electron chi connectivity index (χ3n) is 1.37. The maximum Gasteiger partial charge on any atom is 0.168 e. The number of aliphatic hydroxyl groups is 1. The largest absolute Gasteiger partial charge is 0.392 e. The topological polar surface area (TPSA) is 45.1 Å². The monoisotopic (exact) mass is 188 g/mol. The summed E-state index contributed by atoms with van der Waals surface area (Å²) in [5.74, 6) is -1.54. The zero-order chi connectivity index (χ0) is 9.84. The molecule has 0 aliphatic carbocycles. The van der Waals surface area contributed by atoms with Crippen LogP contribution in [0.25, 0.3) is 0 Å². The van der Waals surface area contributed by atoms with Crippen LogP contribution < -0.4 is 5.32 Å². The first kappa shape index (κ1) is 9.85. The Bertz CT molecular complexity index is 291. The molecule has 72 valence electrons. The molecule has 1 aromatic rings. The summed E-state index contributed by atoms with van der Waals surface area (Å²) in [5.41, 5.74) is 0. The van der Waals surface area contributed by atoms with Crippen molar-refractivity contribution in [2.24, 2.45) is 0 Å². The molecule has 1 rings (SSSR count). The summed E-state index contributed by atoms with van der Waals surface area (Å²) >= 11 is 0. The molecule has 0 fully saturated rings. The van der Waals surface area contributed by atoms with Gasteiger partial charge in [-0.3, -0.25) is 0 Å². The highest BCUT2D eigenvalue weighted by Crippen LogP contribution is 2.10. The molecule has 13 heavy (non-hydrogen) atoms. The third kappa shape index (κ3) is 2.95. The molecule has 0 aliphatic rings. The molecule has 1 atom stereocenters. The molecule has 0 saturated carbocycles. The predicted octanol–water partition coefficient (Wildman–Crippen LogP) is 1.15. The van der Waals surface area contributed by atoms with Gasteiger partial charge < -0.3 is 10.4 Å². The fourth-order valence-electron chi connectivity index (χ4n) is 0.789. The molecule has 0 amide bonds. The summed E-state index contributed by atoms with van der Waals surface area (Å²) in [6.45, 7) is 1.73. The maximum absolute atomic E-state index is 12.9. The zero-order valence-electron chi connectivity index (χ0n) is 7.09. The van der Waals surface area contributed by atoms with E-state index >= 15 is 0 Å². The summed E-state index contributed by atoms with van der Waals surface area (Å²) in [6, 6.07) is 0.734. The number of rotatable bonds is 3. The van der Waals surface area contributed by atoms with Crippen LogP contribution in [0.5, 0.6) is 0 Å². The normalized spacial score (nSPS) is 12.6. The van der Waals surface area contributed by atoms with E-state index in [2.05, 4.69) is 10.3 Å². The number of anilines is 1. The molecule has 1 unspecified atom stereocenters. The average Bonchev–Trinajstić information content (AvgIpc) is 2.02. The molecule has 3 nitrogen and oxygen atoms in total. The van der Waals surface area contributed by atoms with E-state index < -0.39 is 17.7 Å². The van der Waals surface area contributed by atoms with Crippen LogP contribution in [0.1, 0.15) is 6.92 Å². The van der Waals surface area contributed by atoms with Gasteiger partial charge in [0, 0.05) is 12.6 Å². The lowest BCUT2D eigenvalue weighted by atomic mass is 10.4. The molecule has 0 aromatic carbocycles. The molecule has 2 N–H and O–H groups in total. The highest BCUT2D eigenvalue weighted by molar-refractivity contribution is 5.35. The zero-order valence-corrected chi connectivity index (χ0v) is 7.09. The van der Waals surface area contributed by atoms with Crippen LogP contribution in [0.3, 0.4) is 0 Å². The Hall–Kier alpha value is -1.23. The first-order valence-electron chi connectivity index (χ1n) is 3.82. The summed E-state index contributed by atoms with van der Waals surface area (Å²) in [6.07, 6.45) is 0.305. The molecule has 1 heterocycles. The van der Waals surface area contributed by atoms with E-state index in [0.717, 1.165) is 12.3 Å². The Balaban J connectivity index is 2.67. The van der Waals surface area contributed by atoms with Crippen LogP contribution in [-0.2, 0) is 0 Å². The lowest BCUT2D eigenvalue weighted by Gasteiger charge is -2.07. The highest BCUT2D eigenvalue weighted by Gasteiger charge is 2.05. The SMILES string of the molecule is CC(O)CNc1ncc(F)cc1F. The number of halogens is 2. The summed E-state index contributed by atoms with van der Waals surface area (Å²) in [7, 11) is 0. The van der Waals surface area contributed by atoms with E-state index in [4.69, 9.17) is 5.11 Å². The van der Waals surface area contributed by atoms with Crippen molar-refractivity contribution in [3.05, 3.63) is 23.9 Å². The molecular formula is C8H10F2N2O. The maximum atomic E-state index is 12.9. The number of pyridine rings is 1. The van der Waals surface area contributed by atoms with Gasteiger partial charge in [-0.1, -0.05) is 0 Å². The number of aliphatic hydroxyl groups excluding tert-OH is 1. The van der Waals surface area contributed by atoms with E-state index in [1.165, 1.54) is 0 Å². The number of aromatic nitrogens is 1. The second-order valence-electron chi connectivity index (χ2n) is 2.71. The van der Waals surface area contributed by atoms with Crippen LogP contribution in [0.2, 0.25) is 0 Å². The predicted molar refractivity (Wildman–Crippen MR) is 44.3 cm³/mol. The average molecular weight is 188 g/mol. The van der Waals surface area contributed by atoms with Gasteiger partial charge in [-0.05, 0) is 6.92 Å². The minimum Gasteiger partial charge on any atom is -0.392 e. The lowest BCUT2D eigenvalue weighted by molar-refractivity contribution is 0.208. The highest BCUT2D eigenvalue weighted by atomic mass is 19.1. The summed E-state index contributed by atoms with van der Waals surface area (Å²) in [4.78, 5) is 3.48. The molecule has 5 heteroatoms. The minimum absolute atomic E-state index is 0.0534. The van der Waals surface area contributed by atoms with Crippen LogP contribution in [0, 0.1) is 11.6 Å². The fourth-order valence-corrected chi connectivity index (χ4v) is 0.789. The van der Waals surface area contributed by atoms with Gasteiger partial charge in [0.25, 0.3) is 0 Å². The van der Waals surface area contributed by atoms with E-state index in [9.17, 15) is 8.78 Å². The van der Waals surface area contributed by atoms with Crippen LogP contribution >= 0.6 is 0 Å². The molecule has 0 saturated heterocycles. The first-order valence-corrected chi connectivity index (χ1v) is 3.82. The second kappa shape index (κ2) is 4.13. The Morgan fingerprint density at radius 3 is 2.85 bits per heavy atom. The van der Waals surface area contributed by atoms with Crippen molar-refractivity contribution in [1.82, 2.24) is 4.98 Å². The van der Waals surface area contributed by atoms with Crippen LogP contribution in [0.15, 0.2) is 12.3 Å². The summed E-state index contributed by atoms with van der Waals surface area (Å²) in [5, 5.41) is 11.4. The molecule has 0 bridgehead atoms. The Morgan fingerprint density at radius 1 is 1.62 bits per heavy atom. The van der Waals surface area contributed by atoms with Crippen molar-refractivity contribution in [1.29, 1.82) is 0 Å². The third-order valence-corrected chi connectivity index (χ3v) is 1.37. The number of hydrogen-bond acceptors (Lipinski definition) is 3. The summed E-state index contributed by atoms with van der Waals surface area (Å²) < 4.78 is 25.2. The Labute approximate surface area is 74.4 Å². The molecule has 1 aromatic heterocycles. The van der Waals surface area contributed by atoms with Crippen molar-refractivity contribution >= 4 is 5.82 Å². The van der Waals surface area contributed by atoms with Gasteiger partial charge in [0.2, 0.25) is 0 Å². The van der Waals surface area contributed by atoms with E-state index in [1.807, 2.05) is 0 Å². The number of nitrogens with one attached hydrogen (secondary N) is 1. The number of hydrogen-bond donors (Lipinski definition) is 2. The quantitative estimate of drug-likeness (QED) is 0.748. The standard InChI is InChI=1S/C8H10F2N2O/c1-5(13)3-11-8-7(10)2-6(9)4-12-8/h2,4-5,13H,3H2,1H3,(H,11,12). The molecule has 0 spiro atoms. The van der Waals surface area contributed by atoms with Crippen LogP contribution in [-0.4, -0.2) is 22.7 Å². The number of nitrogens with zero attached hydrogens (tertiary/aromatic N) is 1. The van der Waals surface area contributed by atoms with E-state index in [0.29, 0.717) is 0 Å². The van der Waals surface area contributed by atoms with Crippen LogP contribution in [0.4, 0.5) is 14.6 Å². The van der Waals surface area contributed by atoms with Crippen molar-refractivity contribution in [2.45, 2.75) is 13.0 Å². The molecular weight excluding hydrogens is 178 g/mol. The van der Waals surface area contributed by atoms with Crippen molar-refractivity contribution in [3.8, 4) is 0 Å². The van der Waals surface area contributed by atoms with Gasteiger partial charge in [0.15, 0.2) is 11.6 Å². The molecule has 0 aliphatic heterocycles. The van der Waals surface area contributed by atoms with Gasteiger partial charge >= 0.3 is 0 Å². The lowest BCUT2D eigenvalue weighted by Crippen LogP contribution is -2.16. The van der Waals surface area contributed by atoms with Crippen molar-refractivity contribution < 1.29 is 13.9 Å². The van der Waals surface area contributed by atoms with E-state index in [-0.39, 0.29) is 12.4 Å². The van der Waals surface area contributed by atoms with Gasteiger partial charge in [0.05, 0.1) is 12.3 Å². The van der Waals surface area contributed by atoms with Gasteiger partial charge in [-0.2, -0.15) is 0 Å². The first-order chi connectivity index (χ1) is 6.09. The Morgan fingerprint density at radius 2 is 2.31 bits per heavy atom. The van der Waals surface area contributed by atoms with Gasteiger partial charge in [0.1, 0.15) is 5.82 Å². The fraction of sp³-hybridized carbons (Fsp3) is 0.375. The van der Waals surface area contributed by atoms with Gasteiger partial charge in [-0.25, -0.2) is 13.8 Å². The minimum atomic E-state index is -0.763. The van der Waals surface area contributed by atoms with E-state index in [1.54, 1.807) is 6.92 Å². The smallest absolute Gasteiger partial charge is 0.168 e. The second-order valence-corrected chi connectivity index (χ2v) is 2.71. The van der Waals surface area contributed by atoms with Crippen molar-refractivity contribution in [2.75, 3.05) is 11.9 Å². The van der Waals surface area contributed by atoms with Crippen molar-refractivity contribution in [3.63, 3.8) is 0 Å².